The quantitative estimate of drug-likeness (QED) is 0.144. The van der Waals surface area contributed by atoms with Crippen molar-refractivity contribution in [3.63, 3.8) is 0 Å². The molecule has 1 heterocycles. The van der Waals surface area contributed by atoms with Gasteiger partial charge in [0.25, 0.3) is 16.8 Å². The van der Waals surface area contributed by atoms with Crippen LogP contribution in [0.4, 0.5) is 10.5 Å². The highest BCUT2D eigenvalue weighted by Gasteiger charge is 2.34. The molecule has 0 spiro atoms. The summed E-state index contributed by atoms with van der Waals surface area (Å²) in [5.74, 6) is 0.458. The van der Waals surface area contributed by atoms with Crippen LogP contribution >= 0.6 is 56.9 Å². The van der Waals surface area contributed by atoms with Crippen LogP contribution in [0.2, 0.25) is 0 Å². The number of carbonyl (C=O) groups excluding carboxylic acids is 2. The molecular weight excluding hydrogens is 646 g/mol. The third-order valence-corrected chi connectivity index (χ3v) is 6.97. The number of nitro benzene ring substituents is 1. The van der Waals surface area contributed by atoms with Crippen molar-refractivity contribution in [1.29, 1.82) is 0 Å². The van der Waals surface area contributed by atoms with Crippen molar-refractivity contribution in [3.05, 3.63) is 69.7 Å². The summed E-state index contributed by atoms with van der Waals surface area (Å²) in [5.41, 5.74) is 1.68. The minimum absolute atomic E-state index is 0.0383. The highest BCUT2D eigenvalue weighted by Crippen LogP contribution is 2.35. The lowest BCUT2D eigenvalue weighted by molar-refractivity contribution is -0.384. The number of nitrogens with zero attached hydrogens (tertiary/aromatic N) is 2. The van der Waals surface area contributed by atoms with E-state index in [-0.39, 0.29) is 23.4 Å². The SMILES string of the molecule is CCCCN1C(=O)S/C(=C\c2cc(I)c(OCc3ccc([N+](=O)[O-])cc3)c(I)c2)C1=O. The monoisotopic (exact) mass is 664 g/mol. The number of rotatable bonds is 8. The summed E-state index contributed by atoms with van der Waals surface area (Å²) in [5, 5.41) is 10.5. The van der Waals surface area contributed by atoms with Crippen molar-refractivity contribution in [2.45, 2.75) is 26.4 Å². The average molecular weight is 664 g/mol. The molecule has 3 rings (SSSR count). The van der Waals surface area contributed by atoms with Crippen LogP contribution in [0.25, 0.3) is 6.08 Å². The molecule has 1 saturated heterocycles. The molecule has 2 aromatic rings. The molecule has 7 nitrogen and oxygen atoms in total. The molecule has 0 bridgehead atoms. The van der Waals surface area contributed by atoms with Gasteiger partial charge in [-0.25, -0.2) is 0 Å². The minimum atomic E-state index is -0.437. The Morgan fingerprint density at radius 3 is 2.39 bits per heavy atom. The van der Waals surface area contributed by atoms with Crippen LogP contribution in [-0.4, -0.2) is 27.5 Å². The first kappa shape index (κ1) is 24.0. The number of carbonyl (C=O) groups is 2. The lowest BCUT2D eigenvalue weighted by Gasteiger charge is -2.12. The van der Waals surface area contributed by atoms with Crippen LogP contribution in [0.5, 0.6) is 5.75 Å². The van der Waals surface area contributed by atoms with Gasteiger partial charge in [-0.1, -0.05) is 13.3 Å². The second kappa shape index (κ2) is 10.8. The smallest absolute Gasteiger partial charge is 0.293 e. The molecule has 10 heteroatoms. The van der Waals surface area contributed by atoms with Gasteiger partial charge in [-0.3, -0.25) is 24.6 Å². The summed E-state index contributed by atoms with van der Waals surface area (Å²) in [4.78, 5) is 36.7. The Bertz CT molecular complexity index is 1030. The molecule has 0 N–H and O–H groups in total. The van der Waals surface area contributed by atoms with Crippen molar-refractivity contribution >= 4 is 79.9 Å². The maximum absolute atomic E-state index is 12.5. The van der Waals surface area contributed by atoms with Gasteiger partial charge in [0.2, 0.25) is 0 Å². The highest BCUT2D eigenvalue weighted by atomic mass is 127. The maximum Gasteiger partial charge on any atom is 0.293 e. The predicted molar refractivity (Wildman–Crippen MR) is 137 cm³/mol. The molecule has 0 radical (unpaired) electrons. The molecule has 1 aliphatic heterocycles. The van der Waals surface area contributed by atoms with Crippen molar-refractivity contribution < 1.29 is 19.2 Å². The summed E-state index contributed by atoms with van der Waals surface area (Å²) >= 11 is 5.31. The fraction of sp³-hybridized carbons (Fsp3) is 0.238. The zero-order valence-electron chi connectivity index (χ0n) is 16.5. The molecule has 2 amide bonds. The standard InChI is InChI=1S/C21H18I2N2O5S/c1-2-3-8-24-20(26)18(31-21(24)27)11-14-9-16(22)19(17(23)10-14)30-12-13-4-6-15(7-5-13)25(28)29/h4-7,9-11H,2-3,8,12H2,1H3/b18-11-. The Balaban J connectivity index is 1.73. The summed E-state index contributed by atoms with van der Waals surface area (Å²) in [7, 11) is 0. The number of amides is 2. The van der Waals surface area contributed by atoms with E-state index < -0.39 is 4.92 Å². The highest BCUT2D eigenvalue weighted by molar-refractivity contribution is 14.1. The summed E-state index contributed by atoms with van der Waals surface area (Å²) in [6.07, 6.45) is 3.45. The normalized spacial score (nSPS) is 15.1. The maximum atomic E-state index is 12.5. The van der Waals surface area contributed by atoms with Crippen molar-refractivity contribution in [1.82, 2.24) is 4.90 Å². The van der Waals surface area contributed by atoms with Crippen LogP contribution in [0.3, 0.4) is 0 Å². The second-order valence-corrected chi connectivity index (χ2v) is 10.0. The van der Waals surface area contributed by atoms with Gasteiger partial charge in [0.05, 0.1) is 17.0 Å². The molecule has 1 fully saturated rings. The molecule has 2 aromatic carbocycles. The number of benzene rings is 2. The zero-order valence-corrected chi connectivity index (χ0v) is 21.6. The van der Waals surface area contributed by atoms with E-state index in [0.717, 1.165) is 42.9 Å². The van der Waals surface area contributed by atoms with E-state index >= 15 is 0 Å². The first-order valence-electron chi connectivity index (χ1n) is 9.40. The second-order valence-electron chi connectivity index (χ2n) is 6.71. The number of thioether (sulfide) groups is 1. The van der Waals surface area contributed by atoms with E-state index in [0.29, 0.717) is 17.2 Å². The number of halogens is 2. The topological polar surface area (TPSA) is 89.8 Å². The first-order chi connectivity index (χ1) is 14.8. The van der Waals surface area contributed by atoms with Crippen LogP contribution in [-0.2, 0) is 11.4 Å². The van der Waals surface area contributed by atoms with E-state index in [9.17, 15) is 19.7 Å². The van der Waals surface area contributed by atoms with Gasteiger partial charge in [-0.2, -0.15) is 0 Å². The first-order valence-corrected chi connectivity index (χ1v) is 12.4. The number of hydrogen-bond acceptors (Lipinski definition) is 6. The van der Waals surface area contributed by atoms with Crippen LogP contribution in [0.1, 0.15) is 30.9 Å². The molecule has 0 unspecified atom stereocenters. The number of imide groups is 1. The molecule has 0 saturated carbocycles. The van der Waals surface area contributed by atoms with E-state index in [2.05, 4.69) is 45.2 Å². The number of non-ortho nitro benzene ring substituents is 1. The van der Waals surface area contributed by atoms with Gasteiger partial charge in [0, 0.05) is 18.7 Å². The molecule has 0 atom stereocenters. The van der Waals surface area contributed by atoms with Crippen molar-refractivity contribution in [2.75, 3.05) is 6.54 Å². The zero-order chi connectivity index (χ0) is 22.5. The number of nitro groups is 1. The third kappa shape index (κ3) is 5.98. The van der Waals surface area contributed by atoms with E-state index in [1.54, 1.807) is 18.2 Å². The fourth-order valence-electron chi connectivity index (χ4n) is 2.83. The Morgan fingerprint density at radius 1 is 1.16 bits per heavy atom. The van der Waals surface area contributed by atoms with Crippen molar-refractivity contribution in [2.24, 2.45) is 0 Å². The number of ether oxygens (including phenoxy) is 1. The predicted octanol–water partition coefficient (Wildman–Crippen LogP) is 6.22. The Morgan fingerprint density at radius 2 is 1.81 bits per heavy atom. The summed E-state index contributed by atoms with van der Waals surface area (Å²) in [6, 6.07) is 10.0. The Labute approximate surface area is 211 Å². The van der Waals surface area contributed by atoms with E-state index in [4.69, 9.17) is 4.74 Å². The molecule has 31 heavy (non-hydrogen) atoms. The molecule has 162 valence electrons. The molecular formula is C21H18I2N2O5S. The van der Waals surface area contributed by atoms with Gasteiger partial charge in [-0.15, -0.1) is 0 Å². The Kier molecular flexibility index (Phi) is 8.33. The van der Waals surface area contributed by atoms with Gasteiger partial charge in [-0.05, 0) is 105 Å². The van der Waals surface area contributed by atoms with Crippen LogP contribution in [0, 0.1) is 17.3 Å². The van der Waals surface area contributed by atoms with Gasteiger partial charge < -0.3 is 4.74 Å². The fourth-order valence-corrected chi connectivity index (χ4v) is 5.82. The molecule has 0 aliphatic carbocycles. The number of unbranched alkanes of at least 4 members (excludes halogenated alkanes) is 1. The lowest BCUT2D eigenvalue weighted by Crippen LogP contribution is -2.29. The number of hydrogen-bond donors (Lipinski definition) is 0. The lowest BCUT2D eigenvalue weighted by atomic mass is 10.2. The summed E-state index contributed by atoms with van der Waals surface area (Å²) in [6.45, 7) is 2.74. The van der Waals surface area contributed by atoms with E-state index in [1.165, 1.54) is 17.0 Å². The largest absolute Gasteiger partial charge is 0.487 e. The van der Waals surface area contributed by atoms with Crippen LogP contribution < -0.4 is 4.74 Å². The third-order valence-electron chi connectivity index (χ3n) is 4.46. The molecule has 0 aromatic heterocycles. The average Bonchev–Trinajstić information content (AvgIpc) is 2.98. The van der Waals surface area contributed by atoms with Gasteiger partial charge in [0.15, 0.2) is 0 Å². The minimum Gasteiger partial charge on any atom is -0.487 e. The van der Waals surface area contributed by atoms with Crippen molar-refractivity contribution in [3.8, 4) is 5.75 Å². The van der Waals surface area contributed by atoms with E-state index in [1.807, 2.05) is 19.1 Å². The Hall–Kier alpha value is -1.67. The van der Waals surface area contributed by atoms with Crippen LogP contribution in [0.15, 0.2) is 41.3 Å². The van der Waals surface area contributed by atoms with Gasteiger partial charge in [0.1, 0.15) is 12.4 Å². The van der Waals surface area contributed by atoms with Gasteiger partial charge >= 0.3 is 0 Å². The molecule has 1 aliphatic rings. The summed E-state index contributed by atoms with van der Waals surface area (Å²) < 4.78 is 7.67.